The first kappa shape index (κ1) is 27.5. The molecule has 1 aliphatic rings. The number of piperazine rings is 1. The molecule has 5 rings (SSSR count). The van der Waals surface area contributed by atoms with E-state index in [4.69, 9.17) is 5.73 Å². The van der Waals surface area contributed by atoms with Gasteiger partial charge in [0.25, 0.3) is 0 Å². The van der Waals surface area contributed by atoms with Crippen molar-refractivity contribution in [1.82, 2.24) is 28.7 Å². The molecule has 2 N–H and O–H groups in total. The summed E-state index contributed by atoms with van der Waals surface area (Å²) in [5.74, 6) is -1.35. The van der Waals surface area contributed by atoms with Crippen molar-refractivity contribution in [3.63, 3.8) is 0 Å². The number of rotatable bonds is 5. The number of benzene rings is 1. The lowest BCUT2D eigenvalue weighted by molar-refractivity contribution is -0.142. The first-order valence-electron chi connectivity index (χ1n) is 11.9. The summed E-state index contributed by atoms with van der Waals surface area (Å²) in [5.41, 5.74) is 5.84. The SMILES string of the molecule is CC1(C)C(=O)N(c2cc(-c3cc(-c4ccnn4CC(F)(F)F)c4c(N)ncnn34)ccc2F)CCN1S(C)(=O)=O. The molecule has 1 saturated heterocycles. The Hall–Kier alpha value is -4.05. The predicted molar refractivity (Wildman–Crippen MR) is 138 cm³/mol. The molecule has 16 heteroatoms. The van der Waals surface area contributed by atoms with Crippen LogP contribution in [0.4, 0.5) is 29.1 Å². The Kier molecular flexibility index (Phi) is 6.37. The number of halogens is 4. The molecule has 1 amide bonds. The van der Waals surface area contributed by atoms with Crippen molar-refractivity contribution >= 4 is 33.0 Å². The highest BCUT2D eigenvalue weighted by atomic mass is 32.2. The number of alkyl halides is 3. The van der Waals surface area contributed by atoms with Gasteiger partial charge in [-0.1, -0.05) is 0 Å². The molecule has 4 heterocycles. The lowest BCUT2D eigenvalue weighted by atomic mass is 9.99. The van der Waals surface area contributed by atoms with Gasteiger partial charge in [0.1, 0.15) is 29.7 Å². The summed E-state index contributed by atoms with van der Waals surface area (Å²) in [6, 6.07) is 6.91. The highest BCUT2D eigenvalue weighted by molar-refractivity contribution is 7.88. The molecular weight excluding hydrogens is 556 g/mol. The summed E-state index contributed by atoms with van der Waals surface area (Å²) >= 11 is 0. The molecule has 11 nitrogen and oxygen atoms in total. The number of amides is 1. The Morgan fingerprint density at radius 3 is 2.48 bits per heavy atom. The maximum atomic E-state index is 15.1. The molecule has 0 bridgehead atoms. The molecule has 40 heavy (non-hydrogen) atoms. The van der Waals surface area contributed by atoms with Crippen LogP contribution in [0.2, 0.25) is 0 Å². The van der Waals surface area contributed by atoms with Gasteiger partial charge < -0.3 is 10.6 Å². The van der Waals surface area contributed by atoms with Crippen molar-refractivity contribution in [3.8, 4) is 22.5 Å². The van der Waals surface area contributed by atoms with E-state index in [0.29, 0.717) is 11.3 Å². The van der Waals surface area contributed by atoms with Crippen LogP contribution in [-0.4, -0.2) is 74.1 Å². The van der Waals surface area contributed by atoms with Crippen LogP contribution in [0.15, 0.2) is 42.9 Å². The predicted octanol–water partition coefficient (Wildman–Crippen LogP) is 2.93. The van der Waals surface area contributed by atoms with E-state index < -0.39 is 40.0 Å². The zero-order valence-corrected chi connectivity index (χ0v) is 22.3. The van der Waals surface area contributed by atoms with E-state index in [1.165, 1.54) is 60.1 Å². The highest BCUT2D eigenvalue weighted by Crippen LogP contribution is 2.38. The fourth-order valence-electron chi connectivity index (χ4n) is 5.02. The van der Waals surface area contributed by atoms with E-state index in [9.17, 15) is 26.4 Å². The molecule has 4 aromatic rings. The summed E-state index contributed by atoms with van der Waals surface area (Å²) in [6.07, 6.45) is -1.13. The summed E-state index contributed by atoms with van der Waals surface area (Å²) < 4.78 is 82.4. The van der Waals surface area contributed by atoms with Crippen LogP contribution in [0, 0.1) is 5.82 Å². The van der Waals surface area contributed by atoms with Crippen molar-refractivity contribution in [3.05, 3.63) is 48.7 Å². The lowest BCUT2D eigenvalue weighted by Gasteiger charge is -2.44. The molecule has 212 valence electrons. The third-order valence-electron chi connectivity index (χ3n) is 6.76. The summed E-state index contributed by atoms with van der Waals surface area (Å²) in [7, 11) is -3.71. The number of aromatic nitrogens is 5. The average molecular weight is 581 g/mol. The number of sulfonamides is 1. The zero-order chi connectivity index (χ0) is 29.2. The maximum absolute atomic E-state index is 15.1. The average Bonchev–Trinajstić information content (AvgIpc) is 3.44. The van der Waals surface area contributed by atoms with E-state index in [0.717, 1.165) is 21.3 Å². The fraction of sp³-hybridized carbons (Fsp3) is 0.333. The molecule has 3 aromatic heterocycles. The third-order valence-corrected chi connectivity index (χ3v) is 8.20. The van der Waals surface area contributed by atoms with Crippen LogP contribution in [0.1, 0.15) is 13.8 Å². The fourth-order valence-corrected chi connectivity index (χ4v) is 6.34. The highest BCUT2D eigenvalue weighted by Gasteiger charge is 2.47. The number of nitrogens with zero attached hydrogens (tertiary/aromatic N) is 7. The van der Waals surface area contributed by atoms with Gasteiger partial charge in [-0.2, -0.15) is 27.7 Å². The van der Waals surface area contributed by atoms with Crippen LogP contribution < -0.4 is 10.6 Å². The number of nitrogens with two attached hydrogens (primary N) is 1. The van der Waals surface area contributed by atoms with Crippen LogP contribution in [0.5, 0.6) is 0 Å². The van der Waals surface area contributed by atoms with E-state index in [2.05, 4.69) is 15.2 Å². The van der Waals surface area contributed by atoms with Gasteiger partial charge in [-0.15, -0.1) is 0 Å². The van der Waals surface area contributed by atoms with Gasteiger partial charge in [-0.3, -0.25) is 9.48 Å². The third kappa shape index (κ3) is 4.66. The maximum Gasteiger partial charge on any atom is 0.408 e. The van der Waals surface area contributed by atoms with Crippen molar-refractivity contribution in [2.45, 2.75) is 32.1 Å². The molecule has 1 fully saturated rings. The van der Waals surface area contributed by atoms with Crippen LogP contribution in [0.3, 0.4) is 0 Å². The second-order valence-electron chi connectivity index (χ2n) is 9.86. The van der Waals surface area contributed by atoms with Gasteiger partial charge in [0.05, 0.1) is 23.3 Å². The Bertz CT molecular complexity index is 1750. The van der Waals surface area contributed by atoms with Gasteiger partial charge >= 0.3 is 6.18 Å². The topological polar surface area (TPSA) is 132 Å². The molecule has 0 spiro atoms. The first-order chi connectivity index (χ1) is 18.6. The number of anilines is 2. The van der Waals surface area contributed by atoms with E-state index in [1.807, 2.05) is 0 Å². The van der Waals surface area contributed by atoms with Crippen molar-refractivity contribution < 1.29 is 30.8 Å². The van der Waals surface area contributed by atoms with Gasteiger partial charge in [0.2, 0.25) is 15.9 Å². The minimum absolute atomic E-state index is 0.00725. The quantitative estimate of drug-likeness (QED) is 0.359. The molecule has 0 unspecified atom stereocenters. The summed E-state index contributed by atoms with van der Waals surface area (Å²) in [5, 5.41) is 8.01. The van der Waals surface area contributed by atoms with Gasteiger partial charge in [0.15, 0.2) is 5.82 Å². The number of hydrogen-bond donors (Lipinski definition) is 1. The first-order valence-corrected chi connectivity index (χ1v) is 13.8. The number of carbonyl (C=O) groups excluding carboxylic acids is 1. The normalized spacial score (nSPS) is 16.7. The standard InChI is InChI=1S/C24H24F4N8O3S/c1-23(2)22(37)33(8-9-35(23)40(3,38)39)19-10-14(4-5-16(19)25)18-11-15(20-21(29)30-13-32-36(18)20)17-6-7-31-34(17)12-24(26,27)28/h4-7,10-11,13H,8-9,12H2,1-3H3,(H2,29,30,32). The van der Waals surface area contributed by atoms with Gasteiger partial charge in [0, 0.05) is 30.4 Å². The molecule has 1 aliphatic heterocycles. The molecule has 1 aromatic carbocycles. The Labute approximate surface area is 225 Å². The molecule has 0 atom stereocenters. The van der Waals surface area contributed by atoms with Crippen molar-refractivity contribution in [2.24, 2.45) is 0 Å². The van der Waals surface area contributed by atoms with E-state index >= 15 is 4.39 Å². The molecular formula is C24H24F4N8O3S. The minimum atomic E-state index is -4.53. The van der Waals surface area contributed by atoms with E-state index in [1.54, 1.807) is 0 Å². The second kappa shape index (κ2) is 9.26. The van der Waals surface area contributed by atoms with Crippen LogP contribution in [-0.2, 0) is 21.4 Å². The van der Waals surface area contributed by atoms with Crippen LogP contribution >= 0.6 is 0 Å². The van der Waals surface area contributed by atoms with Crippen molar-refractivity contribution in [2.75, 3.05) is 30.0 Å². The van der Waals surface area contributed by atoms with Gasteiger partial charge in [-0.05, 0) is 44.2 Å². The summed E-state index contributed by atoms with van der Waals surface area (Å²) in [4.78, 5) is 18.5. The molecule has 0 saturated carbocycles. The Morgan fingerprint density at radius 2 is 1.80 bits per heavy atom. The number of hydrogen-bond acceptors (Lipinski definition) is 7. The van der Waals surface area contributed by atoms with Crippen molar-refractivity contribution in [1.29, 1.82) is 0 Å². The zero-order valence-electron chi connectivity index (χ0n) is 21.5. The largest absolute Gasteiger partial charge is 0.408 e. The number of fused-ring (bicyclic) bond motifs is 1. The second-order valence-corrected chi connectivity index (χ2v) is 11.8. The lowest BCUT2D eigenvalue weighted by Crippen LogP contribution is -2.64. The smallest absolute Gasteiger partial charge is 0.382 e. The molecule has 0 radical (unpaired) electrons. The monoisotopic (exact) mass is 580 g/mol. The Balaban J connectivity index is 1.63. The number of carbonyl (C=O) groups is 1. The van der Waals surface area contributed by atoms with Crippen LogP contribution in [0.25, 0.3) is 28.0 Å². The summed E-state index contributed by atoms with van der Waals surface area (Å²) in [6.45, 7) is 1.41. The van der Waals surface area contributed by atoms with E-state index in [-0.39, 0.29) is 41.4 Å². The molecule has 0 aliphatic carbocycles. The van der Waals surface area contributed by atoms with Gasteiger partial charge in [-0.25, -0.2) is 22.3 Å². The number of nitrogen functional groups attached to an aromatic ring is 1. The Morgan fingerprint density at radius 1 is 1.07 bits per heavy atom. The minimum Gasteiger partial charge on any atom is -0.382 e.